The average Bonchev–Trinajstić information content (AvgIpc) is 2.99. The van der Waals surface area contributed by atoms with E-state index in [0.29, 0.717) is 0 Å². The van der Waals surface area contributed by atoms with Crippen LogP contribution in [0.25, 0.3) is 0 Å². The van der Waals surface area contributed by atoms with Gasteiger partial charge in [0.1, 0.15) is 0 Å². The van der Waals surface area contributed by atoms with E-state index in [1.54, 1.807) is 11.3 Å². The van der Waals surface area contributed by atoms with Gasteiger partial charge in [-0.3, -0.25) is 4.79 Å². The molecule has 2 aromatic rings. The number of hydrogen-bond donors (Lipinski definition) is 2. The number of hydrogen-bond acceptors (Lipinski definition) is 3. The maximum absolute atomic E-state index is 12.3. The molecule has 0 aliphatic heterocycles. The first-order valence-electron chi connectivity index (χ1n) is 7.21. The molecule has 0 spiro atoms. The van der Waals surface area contributed by atoms with Crippen LogP contribution in [0.5, 0.6) is 0 Å². The molecule has 0 aliphatic carbocycles. The summed E-state index contributed by atoms with van der Waals surface area (Å²) >= 11 is 1.71. The molecule has 1 aromatic carbocycles. The van der Waals surface area contributed by atoms with Crippen molar-refractivity contribution < 1.29 is 4.79 Å². The molecule has 21 heavy (non-hydrogen) atoms. The van der Waals surface area contributed by atoms with Gasteiger partial charge in [0.05, 0.1) is 5.92 Å². The molecule has 0 fully saturated rings. The molecule has 1 amide bonds. The lowest BCUT2D eigenvalue weighted by atomic mass is 9.94. The van der Waals surface area contributed by atoms with Crippen molar-refractivity contribution in [2.75, 3.05) is 0 Å². The third-order valence-electron chi connectivity index (χ3n) is 3.61. The Morgan fingerprint density at radius 1 is 1.19 bits per heavy atom. The fourth-order valence-electron chi connectivity index (χ4n) is 2.28. The molecule has 3 atom stereocenters. The number of nitrogens with two attached hydrogens (primary N) is 1. The summed E-state index contributed by atoms with van der Waals surface area (Å²) in [5.41, 5.74) is 7.18. The van der Waals surface area contributed by atoms with Crippen molar-refractivity contribution in [3.63, 3.8) is 0 Å². The summed E-state index contributed by atoms with van der Waals surface area (Å²) in [4.78, 5) is 13.6. The molecule has 2 rings (SSSR count). The summed E-state index contributed by atoms with van der Waals surface area (Å²) in [5.74, 6) is -0.242. The molecule has 112 valence electrons. The highest BCUT2D eigenvalue weighted by molar-refractivity contribution is 7.09. The van der Waals surface area contributed by atoms with E-state index in [4.69, 9.17) is 5.73 Å². The highest BCUT2D eigenvalue weighted by Gasteiger charge is 2.23. The van der Waals surface area contributed by atoms with E-state index in [0.717, 1.165) is 12.0 Å². The van der Waals surface area contributed by atoms with E-state index in [2.05, 4.69) is 16.8 Å². The lowest BCUT2D eigenvalue weighted by Crippen LogP contribution is -2.40. The number of benzene rings is 1. The molecule has 0 aliphatic rings. The molecule has 3 unspecified atom stereocenters. The Balaban J connectivity index is 1.90. The number of rotatable bonds is 6. The maximum atomic E-state index is 12.3. The third kappa shape index (κ3) is 4.41. The predicted octanol–water partition coefficient (Wildman–Crippen LogP) is 3.13. The van der Waals surface area contributed by atoms with Gasteiger partial charge in [-0.15, -0.1) is 11.3 Å². The number of carbonyl (C=O) groups excluding carboxylic acids is 1. The molecule has 1 aromatic heterocycles. The van der Waals surface area contributed by atoms with E-state index in [-0.39, 0.29) is 23.9 Å². The maximum Gasteiger partial charge on any atom is 0.224 e. The van der Waals surface area contributed by atoms with Crippen LogP contribution in [-0.4, -0.2) is 11.9 Å². The van der Waals surface area contributed by atoms with Crippen LogP contribution in [0.3, 0.4) is 0 Å². The minimum Gasteiger partial charge on any atom is -0.353 e. The van der Waals surface area contributed by atoms with Crippen molar-refractivity contribution >= 4 is 17.2 Å². The van der Waals surface area contributed by atoms with E-state index in [9.17, 15) is 4.79 Å². The Labute approximate surface area is 130 Å². The van der Waals surface area contributed by atoms with Crippen LogP contribution in [0.15, 0.2) is 47.8 Å². The van der Waals surface area contributed by atoms with Crippen molar-refractivity contribution in [1.82, 2.24) is 5.32 Å². The van der Waals surface area contributed by atoms with Crippen LogP contribution < -0.4 is 11.1 Å². The summed E-state index contributed by atoms with van der Waals surface area (Å²) in [7, 11) is 0. The van der Waals surface area contributed by atoms with Crippen molar-refractivity contribution in [1.29, 1.82) is 0 Å². The zero-order valence-corrected chi connectivity index (χ0v) is 13.3. The average molecular weight is 302 g/mol. The van der Waals surface area contributed by atoms with Gasteiger partial charge in [-0.25, -0.2) is 0 Å². The van der Waals surface area contributed by atoms with Crippen molar-refractivity contribution in [3.8, 4) is 0 Å². The quantitative estimate of drug-likeness (QED) is 0.861. The molecular weight excluding hydrogens is 280 g/mol. The first kappa shape index (κ1) is 15.7. The summed E-state index contributed by atoms with van der Waals surface area (Å²) < 4.78 is 0. The van der Waals surface area contributed by atoms with Crippen LogP contribution in [-0.2, 0) is 11.2 Å². The fraction of sp³-hybridized carbons (Fsp3) is 0.353. The van der Waals surface area contributed by atoms with Gasteiger partial charge in [0, 0.05) is 23.4 Å². The topological polar surface area (TPSA) is 55.1 Å². The smallest absolute Gasteiger partial charge is 0.224 e. The molecule has 0 bridgehead atoms. The lowest BCUT2D eigenvalue weighted by Gasteiger charge is -2.22. The zero-order chi connectivity index (χ0) is 15.2. The first-order chi connectivity index (χ1) is 10.1. The summed E-state index contributed by atoms with van der Waals surface area (Å²) in [5, 5.41) is 5.11. The highest BCUT2D eigenvalue weighted by Crippen LogP contribution is 2.19. The van der Waals surface area contributed by atoms with Gasteiger partial charge in [-0.2, -0.15) is 0 Å². The Bertz CT molecular complexity index is 553. The standard InChI is InChI=1S/C17H22N2OS/c1-12(11-15-9-6-10-21-15)19-17(20)13(2)16(18)14-7-4-3-5-8-14/h3-10,12-13,16H,11,18H2,1-2H3,(H,19,20). The molecule has 3 N–H and O–H groups in total. The van der Waals surface area contributed by atoms with Crippen LogP contribution in [0.1, 0.15) is 30.3 Å². The van der Waals surface area contributed by atoms with Crippen molar-refractivity contribution in [3.05, 3.63) is 58.3 Å². The van der Waals surface area contributed by atoms with Gasteiger partial charge in [0.15, 0.2) is 0 Å². The summed E-state index contributed by atoms with van der Waals surface area (Å²) in [6.07, 6.45) is 0.858. The third-order valence-corrected chi connectivity index (χ3v) is 4.51. The number of carbonyl (C=O) groups is 1. The van der Waals surface area contributed by atoms with Crippen molar-refractivity contribution in [2.24, 2.45) is 11.7 Å². The molecule has 3 nitrogen and oxygen atoms in total. The van der Waals surface area contributed by atoms with Crippen LogP contribution >= 0.6 is 11.3 Å². The minimum absolute atomic E-state index is 0.00964. The normalized spacial score (nSPS) is 15.2. The van der Waals surface area contributed by atoms with Crippen LogP contribution in [0, 0.1) is 5.92 Å². The molecule has 0 saturated heterocycles. The Morgan fingerprint density at radius 2 is 1.90 bits per heavy atom. The van der Waals surface area contributed by atoms with Crippen LogP contribution in [0.2, 0.25) is 0 Å². The summed E-state index contributed by atoms with van der Waals surface area (Å²) in [6, 6.07) is 13.7. The second-order valence-corrected chi connectivity index (χ2v) is 6.45. The Kier molecular flexibility index (Phi) is 5.53. The molecule has 4 heteroatoms. The minimum atomic E-state index is -0.278. The van der Waals surface area contributed by atoms with E-state index in [1.165, 1.54) is 4.88 Å². The van der Waals surface area contributed by atoms with Gasteiger partial charge >= 0.3 is 0 Å². The van der Waals surface area contributed by atoms with E-state index >= 15 is 0 Å². The zero-order valence-electron chi connectivity index (χ0n) is 12.5. The second kappa shape index (κ2) is 7.38. The van der Waals surface area contributed by atoms with Crippen LogP contribution in [0.4, 0.5) is 0 Å². The van der Waals surface area contributed by atoms with Gasteiger partial charge in [-0.05, 0) is 23.9 Å². The predicted molar refractivity (Wildman–Crippen MR) is 88.2 cm³/mol. The van der Waals surface area contributed by atoms with Gasteiger partial charge in [-0.1, -0.05) is 43.3 Å². The van der Waals surface area contributed by atoms with E-state index in [1.807, 2.05) is 50.2 Å². The monoisotopic (exact) mass is 302 g/mol. The van der Waals surface area contributed by atoms with Gasteiger partial charge in [0.2, 0.25) is 5.91 Å². The van der Waals surface area contributed by atoms with E-state index < -0.39 is 0 Å². The fourth-order valence-corrected chi connectivity index (χ4v) is 3.12. The highest BCUT2D eigenvalue weighted by atomic mass is 32.1. The number of thiophene rings is 1. The first-order valence-corrected chi connectivity index (χ1v) is 8.09. The van der Waals surface area contributed by atoms with Gasteiger partial charge < -0.3 is 11.1 Å². The number of nitrogens with one attached hydrogen (secondary N) is 1. The Hall–Kier alpha value is -1.65. The molecule has 1 heterocycles. The van der Waals surface area contributed by atoms with Crippen molar-refractivity contribution in [2.45, 2.75) is 32.4 Å². The molecule has 0 radical (unpaired) electrons. The lowest BCUT2D eigenvalue weighted by molar-refractivity contribution is -0.125. The van der Waals surface area contributed by atoms with Gasteiger partial charge in [0.25, 0.3) is 0 Å². The Morgan fingerprint density at radius 3 is 2.52 bits per heavy atom. The summed E-state index contributed by atoms with van der Waals surface area (Å²) in [6.45, 7) is 3.91. The number of amides is 1. The largest absolute Gasteiger partial charge is 0.353 e. The SMILES string of the molecule is CC(Cc1cccs1)NC(=O)C(C)C(N)c1ccccc1. The molecule has 0 saturated carbocycles. The molecular formula is C17H22N2OS. The second-order valence-electron chi connectivity index (χ2n) is 5.42.